The van der Waals surface area contributed by atoms with Gasteiger partial charge >= 0.3 is 0 Å². The molecule has 0 unspecified atom stereocenters. The van der Waals surface area contributed by atoms with Gasteiger partial charge in [-0.25, -0.2) is 4.98 Å². The summed E-state index contributed by atoms with van der Waals surface area (Å²) in [6.07, 6.45) is 0.630. The summed E-state index contributed by atoms with van der Waals surface area (Å²) in [5, 5.41) is 9.47. The van der Waals surface area contributed by atoms with Gasteiger partial charge in [0, 0.05) is 11.3 Å². The molecule has 0 amide bonds. The summed E-state index contributed by atoms with van der Waals surface area (Å²) in [5.74, 6) is 0.663. The smallest absolute Gasteiger partial charge is 0.263 e. The Balaban J connectivity index is 2.25. The molecule has 0 spiro atoms. The number of hydrogen-bond acceptors (Lipinski definition) is 4. The summed E-state index contributed by atoms with van der Waals surface area (Å²) in [5.41, 5.74) is 0.946. The number of aromatic nitrogens is 2. The zero-order chi connectivity index (χ0) is 14.8. The molecule has 0 saturated carbocycles. The Kier molecular flexibility index (Phi) is 3.55. The van der Waals surface area contributed by atoms with Gasteiger partial charge in [-0.05, 0) is 11.6 Å². The van der Waals surface area contributed by atoms with Gasteiger partial charge < -0.3 is 0 Å². The molecule has 4 nitrogen and oxygen atoms in total. The highest BCUT2D eigenvalue weighted by Crippen LogP contribution is 2.30. The zero-order valence-corrected chi connectivity index (χ0v) is 12.4. The first-order valence-electron chi connectivity index (χ1n) is 6.70. The van der Waals surface area contributed by atoms with Crippen LogP contribution in [0.5, 0.6) is 0 Å². The molecule has 0 aliphatic rings. The fourth-order valence-electron chi connectivity index (χ4n) is 2.31. The van der Waals surface area contributed by atoms with Crippen molar-refractivity contribution in [1.29, 1.82) is 5.26 Å². The Morgan fingerprint density at radius 2 is 2.10 bits per heavy atom. The number of benzene rings is 1. The minimum absolute atomic E-state index is 0.0431. The molecule has 1 aromatic carbocycles. The minimum atomic E-state index is -0.128. The van der Waals surface area contributed by atoms with Crippen molar-refractivity contribution in [3.05, 3.63) is 52.6 Å². The van der Waals surface area contributed by atoms with Crippen LogP contribution in [0, 0.1) is 11.3 Å². The summed E-state index contributed by atoms with van der Waals surface area (Å²) in [7, 11) is 0. The molecular weight excluding hydrogens is 282 g/mol. The number of rotatable bonds is 3. The molecule has 0 bridgehead atoms. The summed E-state index contributed by atoms with van der Waals surface area (Å²) in [6.45, 7) is 1.98. The number of thiophene rings is 1. The lowest BCUT2D eigenvalue weighted by Crippen LogP contribution is -2.24. The average Bonchev–Trinajstić information content (AvgIpc) is 2.95. The second kappa shape index (κ2) is 5.51. The van der Waals surface area contributed by atoms with Crippen LogP contribution < -0.4 is 5.56 Å². The minimum Gasteiger partial charge on any atom is -0.282 e. The third-order valence-electron chi connectivity index (χ3n) is 3.33. The van der Waals surface area contributed by atoms with E-state index in [1.165, 1.54) is 15.9 Å². The molecule has 0 radical (unpaired) electrons. The first-order chi connectivity index (χ1) is 10.2. The normalized spacial score (nSPS) is 10.7. The molecule has 0 fully saturated rings. The Labute approximate surface area is 125 Å². The van der Waals surface area contributed by atoms with Gasteiger partial charge in [0.15, 0.2) is 0 Å². The van der Waals surface area contributed by atoms with E-state index in [0.717, 1.165) is 15.3 Å². The predicted octanol–water partition coefficient (Wildman–Crippen LogP) is 3.21. The predicted molar refractivity (Wildman–Crippen MR) is 84.3 cm³/mol. The Hall–Kier alpha value is -2.45. The molecule has 0 aliphatic heterocycles. The van der Waals surface area contributed by atoms with Gasteiger partial charge in [-0.15, -0.1) is 11.3 Å². The highest BCUT2D eigenvalue weighted by atomic mass is 32.1. The van der Waals surface area contributed by atoms with Gasteiger partial charge in [-0.1, -0.05) is 37.3 Å². The van der Waals surface area contributed by atoms with Crippen molar-refractivity contribution in [2.75, 3.05) is 0 Å². The fourth-order valence-corrected chi connectivity index (χ4v) is 3.35. The highest BCUT2D eigenvalue weighted by Gasteiger charge is 2.13. The van der Waals surface area contributed by atoms with E-state index < -0.39 is 0 Å². The van der Waals surface area contributed by atoms with E-state index >= 15 is 0 Å². The van der Waals surface area contributed by atoms with Crippen LogP contribution >= 0.6 is 11.3 Å². The summed E-state index contributed by atoms with van der Waals surface area (Å²) in [4.78, 5) is 18.8. The van der Waals surface area contributed by atoms with Crippen molar-refractivity contribution in [3.8, 4) is 16.5 Å². The van der Waals surface area contributed by atoms with Gasteiger partial charge in [-0.2, -0.15) is 5.26 Å². The summed E-state index contributed by atoms with van der Waals surface area (Å²) in [6, 6.07) is 13.8. The third-order valence-corrected chi connectivity index (χ3v) is 4.41. The lowest BCUT2D eigenvalue weighted by Gasteiger charge is -2.06. The van der Waals surface area contributed by atoms with Gasteiger partial charge in [-0.3, -0.25) is 9.36 Å². The van der Waals surface area contributed by atoms with E-state index in [1.54, 1.807) is 0 Å². The third kappa shape index (κ3) is 2.34. The van der Waals surface area contributed by atoms with E-state index in [-0.39, 0.29) is 12.1 Å². The summed E-state index contributed by atoms with van der Waals surface area (Å²) < 4.78 is 1.46. The maximum absolute atomic E-state index is 12.5. The lowest BCUT2D eigenvalue weighted by molar-refractivity contribution is 0.707. The number of nitriles is 1. The average molecular weight is 295 g/mol. The quantitative estimate of drug-likeness (QED) is 0.745. The van der Waals surface area contributed by atoms with Crippen LogP contribution in [0.15, 0.2) is 41.2 Å². The molecular formula is C16H13N3OS. The van der Waals surface area contributed by atoms with Crippen molar-refractivity contribution in [2.24, 2.45) is 0 Å². The molecule has 0 atom stereocenters. The second-order valence-electron chi connectivity index (χ2n) is 4.63. The Morgan fingerprint density at radius 1 is 1.33 bits per heavy atom. The molecule has 3 rings (SSSR count). The van der Waals surface area contributed by atoms with Gasteiger partial charge in [0.05, 0.1) is 11.5 Å². The van der Waals surface area contributed by atoms with Gasteiger partial charge in [0.1, 0.15) is 17.2 Å². The molecule has 104 valence electrons. The highest BCUT2D eigenvalue weighted by molar-refractivity contribution is 7.21. The lowest BCUT2D eigenvalue weighted by atomic mass is 10.2. The topological polar surface area (TPSA) is 58.7 Å². The van der Waals surface area contributed by atoms with Crippen molar-refractivity contribution >= 4 is 21.6 Å². The second-order valence-corrected chi connectivity index (χ2v) is 5.66. The summed E-state index contributed by atoms with van der Waals surface area (Å²) >= 11 is 1.51. The van der Waals surface area contributed by atoms with Crippen LogP contribution in [-0.4, -0.2) is 9.55 Å². The van der Waals surface area contributed by atoms with Crippen LogP contribution in [0.4, 0.5) is 0 Å². The number of hydrogen-bond donors (Lipinski definition) is 0. The monoisotopic (exact) mass is 295 g/mol. The molecule has 21 heavy (non-hydrogen) atoms. The van der Waals surface area contributed by atoms with E-state index in [1.807, 2.05) is 49.4 Å². The molecule has 2 aromatic heterocycles. The van der Waals surface area contributed by atoms with E-state index in [2.05, 4.69) is 4.98 Å². The van der Waals surface area contributed by atoms with Crippen molar-refractivity contribution in [3.63, 3.8) is 0 Å². The van der Waals surface area contributed by atoms with Crippen LogP contribution in [-0.2, 0) is 13.0 Å². The largest absolute Gasteiger partial charge is 0.282 e. The fraction of sp³-hybridized carbons (Fsp3) is 0.188. The van der Waals surface area contributed by atoms with Gasteiger partial charge in [0.2, 0.25) is 0 Å². The SMILES string of the molecule is CCc1nc2sc(-c3ccccc3)cc2c(=O)n1CC#N. The van der Waals surface area contributed by atoms with Crippen LogP contribution in [0.1, 0.15) is 12.7 Å². The molecule has 0 aliphatic carbocycles. The van der Waals surface area contributed by atoms with Crippen molar-refractivity contribution < 1.29 is 0 Å². The van der Waals surface area contributed by atoms with Crippen LogP contribution in [0.25, 0.3) is 20.7 Å². The first kappa shape index (κ1) is 13.5. The Bertz CT molecular complexity index is 888. The van der Waals surface area contributed by atoms with Crippen molar-refractivity contribution in [2.45, 2.75) is 19.9 Å². The van der Waals surface area contributed by atoms with Crippen LogP contribution in [0.3, 0.4) is 0 Å². The standard InChI is InChI=1S/C16H13N3OS/c1-2-14-18-15-12(16(20)19(14)9-8-17)10-13(21-15)11-6-4-3-5-7-11/h3-7,10H,2,9H2,1H3. The van der Waals surface area contributed by atoms with Crippen molar-refractivity contribution in [1.82, 2.24) is 9.55 Å². The van der Waals surface area contributed by atoms with Crippen LogP contribution in [0.2, 0.25) is 0 Å². The molecule has 5 heteroatoms. The maximum atomic E-state index is 12.5. The molecule has 2 heterocycles. The van der Waals surface area contributed by atoms with E-state index in [9.17, 15) is 4.79 Å². The first-order valence-corrected chi connectivity index (χ1v) is 7.52. The molecule has 0 saturated heterocycles. The maximum Gasteiger partial charge on any atom is 0.263 e. The number of fused-ring (bicyclic) bond motifs is 1. The zero-order valence-electron chi connectivity index (χ0n) is 11.5. The van der Waals surface area contributed by atoms with Gasteiger partial charge in [0.25, 0.3) is 5.56 Å². The van der Waals surface area contributed by atoms with E-state index in [0.29, 0.717) is 17.6 Å². The number of nitrogens with zero attached hydrogens (tertiary/aromatic N) is 3. The number of aryl methyl sites for hydroxylation is 1. The molecule has 3 aromatic rings. The van der Waals surface area contributed by atoms with E-state index in [4.69, 9.17) is 5.26 Å². The Morgan fingerprint density at radius 3 is 2.76 bits per heavy atom. The molecule has 0 N–H and O–H groups in total.